The van der Waals surface area contributed by atoms with Crippen molar-refractivity contribution in [1.29, 1.82) is 0 Å². The van der Waals surface area contributed by atoms with E-state index in [0.29, 0.717) is 5.28 Å². The third-order valence-electron chi connectivity index (χ3n) is 3.17. The lowest BCUT2D eigenvalue weighted by Crippen LogP contribution is -2.27. The Morgan fingerprint density at radius 3 is 3.06 bits per heavy atom. The van der Waals surface area contributed by atoms with Gasteiger partial charge in [-0.3, -0.25) is 0 Å². The molecule has 2 aromatic rings. The maximum Gasteiger partial charge on any atom is 0.224 e. The Balaban J connectivity index is 2.08. The van der Waals surface area contributed by atoms with Gasteiger partial charge in [-0.1, -0.05) is 0 Å². The van der Waals surface area contributed by atoms with Crippen LogP contribution < -0.4 is 10.2 Å². The van der Waals surface area contributed by atoms with Gasteiger partial charge in [0, 0.05) is 44.5 Å². The van der Waals surface area contributed by atoms with Crippen LogP contribution in [0.15, 0.2) is 18.5 Å². The molecule has 0 radical (unpaired) electrons. The largest absolute Gasteiger partial charge is 0.366 e. The molecule has 94 valence electrons. The highest BCUT2D eigenvalue weighted by molar-refractivity contribution is 6.28. The van der Waals surface area contributed by atoms with Crippen LogP contribution in [0.5, 0.6) is 0 Å². The van der Waals surface area contributed by atoms with E-state index in [1.165, 1.54) is 0 Å². The number of nitrogens with one attached hydrogen (secondary N) is 2. The van der Waals surface area contributed by atoms with Crippen molar-refractivity contribution in [3.8, 4) is 0 Å². The van der Waals surface area contributed by atoms with E-state index in [9.17, 15) is 0 Å². The Hall–Kier alpha value is -1.59. The average molecular weight is 264 g/mol. The maximum atomic E-state index is 6.01. The molecule has 6 heteroatoms. The van der Waals surface area contributed by atoms with Crippen LogP contribution in [-0.2, 0) is 13.0 Å². The van der Waals surface area contributed by atoms with Crippen LogP contribution in [0.3, 0.4) is 0 Å². The number of aromatic amines is 1. The van der Waals surface area contributed by atoms with Gasteiger partial charge in [0.25, 0.3) is 0 Å². The average Bonchev–Trinajstić information content (AvgIpc) is 2.90. The molecule has 1 aliphatic rings. The zero-order chi connectivity index (χ0) is 12.5. The SMILES string of the molecule is CN(c1cc[nH]c1)c1nc(Cl)nc2c1CNCC2. The molecule has 1 aliphatic heterocycles. The summed E-state index contributed by atoms with van der Waals surface area (Å²) in [6.45, 7) is 1.73. The summed E-state index contributed by atoms with van der Waals surface area (Å²) < 4.78 is 0. The summed E-state index contributed by atoms with van der Waals surface area (Å²) in [6, 6.07) is 2.00. The zero-order valence-electron chi connectivity index (χ0n) is 10.1. The molecule has 2 aromatic heterocycles. The molecule has 0 saturated heterocycles. The topological polar surface area (TPSA) is 56.8 Å². The number of aromatic nitrogens is 3. The van der Waals surface area contributed by atoms with Gasteiger partial charge in [0.15, 0.2) is 0 Å². The second-order valence-corrected chi connectivity index (χ2v) is 4.63. The first kappa shape index (κ1) is 11.5. The van der Waals surface area contributed by atoms with Crippen molar-refractivity contribution in [2.24, 2.45) is 0 Å². The molecular weight excluding hydrogens is 250 g/mol. The minimum Gasteiger partial charge on any atom is -0.366 e. The number of anilines is 2. The van der Waals surface area contributed by atoms with E-state index in [1.807, 2.05) is 30.4 Å². The van der Waals surface area contributed by atoms with Crippen LogP contribution in [0.25, 0.3) is 0 Å². The van der Waals surface area contributed by atoms with E-state index in [0.717, 1.165) is 42.3 Å². The molecule has 0 saturated carbocycles. The van der Waals surface area contributed by atoms with Gasteiger partial charge in [-0.05, 0) is 17.7 Å². The smallest absolute Gasteiger partial charge is 0.224 e. The molecule has 2 N–H and O–H groups in total. The van der Waals surface area contributed by atoms with Gasteiger partial charge in [0.05, 0.1) is 11.4 Å². The van der Waals surface area contributed by atoms with Crippen LogP contribution in [0.4, 0.5) is 11.5 Å². The van der Waals surface area contributed by atoms with Gasteiger partial charge in [0.2, 0.25) is 5.28 Å². The van der Waals surface area contributed by atoms with Gasteiger partial charge in [-0.2, -0.15) is 4.98 Å². The Labute approximate surface area is 110 Å². The van der Waals surface area contributed by atoms with E-state index < -0.39 is 0 Å². The number of rotatable bonds is 2. The number of fused-ring (bicyclic) bond motifs is 1. The first-order chi connectivity index (χ1) is 8.75. The molecule has 0 unspecified atom stereocenters. The lowest BCUT2D eigenvalue weighted by Gasteiger charge is -2.24. The molecule has 5 nitrogen and oxygen atoms in total. The zero-order valence-corrected chi connectivity index (χ0v) is 10.8. The predicted molar refractivity (Wildman–Crippen MR) is 71.3 cm³/mol. The fourth-order valence-corrected chi connectivity index (χ4v) is 2.40. The summed E-state index contributed by atoms with van der Waals surface area (Å²) in [6.07, 6.45) is 4.71. The van der Waals surface area contributed by atoms with E-state index in [2.05, 4.69) is 20.3 Å². The monoisotopic (exact) mass is 263 g/mol. The number of halogens is 1. The first-order valence-electron chi connectivity index (χ1n) is 5.88. The minimum atomic E-state index is 0.313. The van der Waals surface area contributed by atoms with E-state index in [-0.39, 0.29) is 0 Å². The standard InChI is InChI=1S/C12H14ClN5/c1-18(8-2-4-14-6-8)11-9-7-15-5-3-10(9)16-12(13)17-11/h2,4,6,14-15H,3,5,7H2,1H3. The van der Waals surface area contributed by atoms with Gasteiger partial charge < -0.3 is 15.2 Å². The highest BCUT2D eigenvalue weighted by atomic mass is 35.5. The van der Waals surface area contributed by atoms with Crippen molar-refractivity contribution in [1.82, 2.24) is 20.3 Å². The van der Waals surface area contributed by atoms with Crippen molar-refractivity contribution in [2.75, 3.05) is 18.5 Å². The van der Waals surface area contributed by atoms with Gasteiger partial charge in [-0.15, -0.1) is 0 Å². The maximum absolute atomic E-state index is 6.01. The highest BCUT2D eigenvalue weighted by Gasteiger charge is 2.20. The van der Waals surface area contributed by atoms with Gasteiger partial charge >= 0.3 is 0 Å². The second kappa shape index (κ2) is 4.59. The number of hydrogen-bond donors (Lipinski definition) is 2. The fourth-order valence-electron chi connectivity index (χ4n) is 2.22. The van der Waals surface area contributed by atoms with Crippen molar-refractivity contribution in [3.63, 3.8) is 0 Å². The normalized spacial score (nSPS) is 14.3. The summed E-state index contributed by atoms with van der Waals surface area (Å²) in [7, 11) is 1.98. The molecule has 0 aromatic carbocycles. The Morgan fingerprint density at radius 1 is 1.39 bits per heavy atom. The van der Waals surface area contributed by atoms with E-state index in [4.69, 9.17) is 11.6 Å². The molecular formula is C12H14ClN5. The minimum absolute atomic E-state index is 0.313. The molecule has 0 bridgehead atoms. The molecule has 0 atom stereocenters. The molecule has 0 aliphatic carbocycles. The Morgan fingerprint density at radius 2 is 2.28 bits per heavy atom. The lowest BCUT2D eigenvalue weighted by molar-refractivity contribution is 0.625. The quantitative estimate of drug-likeness (QED) is 0.813. The summed E-state index contributed by atoms with van der Waals surface area (Å²) in [5.74, 6) is 0.872. The van der Waals surface area contributed by atoms with Crippen LogP contribution in [0.1, 0.15) is 11.3 Å². The molecule has 3 rings (SSSR count). The van der Waals surface area contributed by atoms with Crippen molar-refractivity contribution in [2.45, 2.75) is 13.0 Å². The van der Waals surface area contributed by atoms with E-state index in [1.54, 1.807) is 0 Å². The molecule has 0 amide bonds. The van der Waals surface area contributed by atoms with E-state index >= 15 is 0 Å². The lowest BCUT2D eigenvalue weighted by atomic mass is 10.1. The third-order valence-corrected chi connectivity index (χ3v) is 3.34. The summed E-state index contributed by atoms with van der Waals surface area (Å²) in [5.41, 5.74) is 3.23. The predicted octanol–water partition coefficient (Wildman–Crippen LogP) is 1.87. The first-order valence-corrected chi connectivity index (χ1v) is 6.26. The van der Waals surface area contributed by atoms with Crippen molar-refractivity contribution < 1.29 is 0 Å². The summed E-state index contributed by atoms with van der Waals surface area (Å²) in [4.78, 5) is 13.8. The van der Waals surface area contributed by atoms with Crippen LogP contribution in [-0.4, -0.2) is 28.5 Å². The summed E-state index contributed by atoms with van der Waals surface area (Å²) in [5, 5.41) is 3.66. The molecule has 3 heterocycles. The molecule has 0 spiro atoms. The number of H-pyrrole nitrogens is 1. The van der Waals surface area contributed by atoms with Gasteiger partial charge in [0.1, 0.15) is 5.82 Å². The number of hydrogen-bond acceptors (Lipinski definition) is 4. The fraction of sp³-hybridized carbons (Fsp3) is 0.333. The molecule has 0 fully saturated rings. The van der Waals surface area contributed by atoms with Crippen molar-refractivity contribution in [3.05, 3.63) is 35.0 Å². The second-order valence-electron chi connectivity index (χ2n) is 4.30. The Kier molecular flexibility index (Phi) is 2.93. The molecule has 18 heavy (non-hydrogen) atoms. The van der Waals surface area contributed by atoms with Crippen molar-refractivity contribution >= 4 is 23.1 Å². The van der Waals surface area contributed by atoms with Crippen LogP contribution in [0, 0.1) is 0 Å². The Bertz CT molecular complexity index is 552. The number of nitrogens with zero attached hydrogens (tertiary/aromatic N) is 3. The van der Waals surface area contributed by atoms with Crippen LogP contribution >= 0.6 is 11.6 Å². The van der Waals surface area contributed by atoms with Gasteiger partial charge in [-0.25, -0.2) is 4.98 Å². The third kappa shape index (κ3) is 1.95. The highest BCUT2D eigenvalue weighted by Crippen LogP contribution is 2.29. The summed E-state index contributed by atoms with van der Waals surface area (Å²) >= 11 is 6.01. The van der Waals surface area contributed by atoms with Crippen LogP contribution in [0.2, 0.25) is 5.28 Å².